The van der Waals surface area contributed by atoms with Crippen LogP contribution in [0.1, 0.15) is 11.1 Å². The number of aliphatic carboxylic acids is 1. The van der Waals surface area contributed by atoms with Gasteiger partial charge in [-0.3, -0.25) is 0 Å². The molecule has 0 aliphatic rings. The van der Waals surface area contributed by atoms with Gasteiger partial charge in [0.2, 0.25) is 0 Å². The van der Waals surface area contributed by atoms with Crippen LogP contribution in [0.5, 0.6) is 11.5 Å². The van der Waals surface area contributed by atoms with Crippen molar-refractivity contribution in [2.45, 2.75) is 6.61 Å². The molecule has 21 heavy (non-hydrogen) atoms. The van der Waals surface area contributed by atoms with E-state index >= 15 is 0 Å². The van der Waals surface area contributed by atoms with Crippen LogP contribution in [-0.2, 0) is 11.4 Å². The Hall–Kier alpha value is -2.75. The summed E-state index contributed by atoms with van der Waals surface area (Å²) in [4.78, 5) is 10.6. The standard InChI is InChI=1S/C17H16O4/c1-20-15-9-14(7-8-17(18)19)10-16(11-15)21-12-13-5-3-2-4-6-13/h2-11H,12H2,1H3,(H,18,19). The highest BCUT2D eigenvalue weighted by molar-refractivity contribution is 5.85. The highest BCUT2D eigenvalue weighted by atomic mass is 16.5. The molecule has 0 saturated heterocycles. The molecule has 0 radical (unpaired) electrons. The Balaban J connectivity index is 2.14. The van der Waals surface area contributed by atoms with Gasteiger partial charge in [-0.1, -0.05) is 30.3 Å². The summed E-state index contributed by atoms with van der Waals surface area (Å²) >= 11 is 0. The van der Waals surface area contributed by atoms with Gasteiger partial charge in [-0.25, -0.2) is 4.79 Å². The topological polar surface area (TPSA) is 55.8 Å². The maximum atomic E-state index is 10.6. The Kier molecular flexibility index (Phi) is 4.99. The molecule has 0 bridgehead atoms. The second-order valence-corrected chi connectivity index (χ2v) is 4.39. The molecule has 2 aromatic carbocycles. The maximum absolute atomic E-state index is 10.6. The second-order valence-electron chi connectivity index (χ2n) is 4.39. The SMILES string of the molecule is COc1cc(C=CC(=O)O)cc(OCc2ccccc2)c1. The number of carboxylic acid groups (broad SMARTS) is 1. The van der Waals surface area contributed by atoms with Crippen molar-refractivity contribution < 1.29 is 19.4 Å². The van der Waals surface area contributed by atoms with E-state index in [4.69, 9.17) is 14.6 Å². The predicted molar refractivity (Wildman–Crippen MR) is 80.4 cm³/mol. The number of hydrogen-bond acceptors (Lipinski definition) is 3. The van der Waals surface area contributed by atoms with Gasteiger partial charge < -0.3 is 14.6 Å². The molecular formula is C17H16O4. The van der Waals surface area contributed by atoms with E-state index in [9.17, 15) is 4.79 Å². The average Bonchev–Trinajstić information content (AvgIpc) is 2.51. The Morgan fingerprint density at radius 2 is 1.86 bits per heavy atom. The Bertz CT molecular complexity index is 632. The quantitative estimate of drug-likeness (QED) is 0.826. The molecule has 4 heteroatoms. The number of rotatable bonds is 6. The van der Waals surface area contributed by atoms with Crippen molar-refractivity contribution in [1.82, 2.24) is 0 Å². The molecule has 0 heterocycles. The molecule has 0 aliphatic carbocycles. The summed E-state index contributed by atoms with van der Waals surface area (Å²) in [5, 5.41) is 8.67. The van der Waals surface area contributed by atoms with Crippen molar-refractivity contribution in [3.63, 3.8) is 0 Å². The lowest BCUT2D eigenvalue weighted by Crippen LogP contribution is -1.96. The Morgan fingerprint density at radius 1 is 1.14 bits per heavy atom. The minimum absolute atomic E-state index is 0.441. The molecule has 0 unspecified atom stereocenters. The summed E-state index contributed by atoms with van der Waals surface area (Å²) in [5.41, 5.74) is 1.77. The minimum atomic E-state index is -0.996. The van der Waals surface area contributed by atoms with Crippen molar-refractivity contribution in [2.75, 3.05) is 7.11 Å². The Labute approximate surface area is 123 Å². The number of ether oxygens (including phenoxy) is 2. The van der Waals surface area contributed by atoms with Crippen LogP contribution < -0.4 is 9.47 Å². The van der Waals surface area contributed by atoms with Gasteiger partial charge in [-0.2, -0.15) is 0 Å². The summed E-state index contributed by atoms with van der Waals surface area (Å²) in [7, 11) is 1.56. The molecule has 1 N–H and O–H groups in total. The lowest BCUT2D eigenvalue weighted by atomic mass is 10.2. The zero-order valence-corrected chi connectivity index (χ0v) is 11.7. The number of carboxylic acids is 1. The zero-order valence-electron chi connectivity index (χ0n) is 11.7. The molecule has 4 nitrogen and oxygen atoms in total. The number of hydrogen-bond donors (Lipinski definition) is 1. The maximum Gasteiger partial charge on any atom is 0.328 e. The van der Waals surface area contributed by atoms with Gasteiger partial charge in [-0.15, -0.1) is 0 Å². The molecule has 0 amide bonds. The van der Waals surface area contributed by atoms with Crippen LogP contribution in [0.25, 0.3) is 6.08 Å². The molecular weight excluding hydrogens is 268 g/mol. The van der Waals surface area contributed by atoms with E-state index in [1.54, 1.807) is 25.3 Å². The third kappa shape index (κ3) is 4.69. The van der Waals surface area contributed by atoms with Crippen LogP contribution in [0.2, 0.25) is 0 Å². The van der Waals surface area contributed by atoms with Gasteiger partial charge in [0, 0.05) is 12.1 Å². The molecule has 0 spiro atoms. The third-order valence-electron chi connectivity index (χ3n) is 2.80. The van der Waals surface area contributed by atoms with Crippen LogP contribution in [0, 0.1) is 0 Å². The van der Waals surface area contributed by atoms with E-state index in [2.05, 4.69) is 0 Å². The summed E-state index contributed by atoms with van der Waals surface area (Å²) < 4.78 is 10.9. The van der Waals surface area contributed by atoms with Crippen LogP contribution in [0.4, 0.5) is 0 Å². The fourth-order valence-electron chi connectivity index (χ4n) is 1.80. The number of benzene rings is 2. The first-order valence-corrected chi connectivity index (χ1v) is 6.44. The van der Waals surface area contributed by atoms with Crippen molar-refractivity contribution in [3.8, 4) is 11.5 Å². The fraction of sp³-hybridized carbons (Fsp3) is 0.118. The van der Waals surface area contributed by atoms with Crippen molar-refractivity contribution >= 4 is 12.0 Å². The molecule has 0 aliphatic heterocycles. The van der Waals surface area contributed by atoms with E-state index in [-0.39, 0.29) is 0 Å². The van der Waals surface area contributed by atoms with E-state index in [1.807, 2.05) is 30.3 Å². The minimum Gasteiger partial charge on any atom is -0.497 e. The Morgan fingerprint density at radius 3 is 2.52 bits per heavy atom. The molecule has 0 aromatic heterocycles. The highest BCUT2D eigenvalue weighted by Gasteiger charge is 2.02. The largest absolute Gasteiger partial charge is 0.497 e. The lowest BCUT2D eigenvalue weighted by Gasteiger charge is -2.09. The molecule has 0 atom stereocenters. The summed E-state index contributed by atoms with van der Waals surface area (Å²) in [6, 6.07) is 15.1. The van der Waals surface area contributed by atoms with Gasteiger partial charge >= 0.3 is 5.97 Å². The zero-order chi connectivity index (χ0) is 15.1. The fourth-order valence-corrected chi connectivity index (χ4v) is 1.80. The summed E-state index contributed by atoms with van der Waals surface area (Å²) in [6.07, 6.45) is 2.58. The van der Waals surface area contributed by atoms with E-state index in [0.29, 0.717) is 23.7 Å². The average molecular weight is 284 g/mol. The molecule has 0 fully saturated rings. The molecule has 108 valence electrons. The van der Waals surface area contributed by atoms with Crippen LogP contribution in [-0.4, -0.2) is 18.2 Å². The van der Waals surface area contributed by atoms with Crippen molar-refractivity contribution in [2.24, 2.45) is 0 Å². The summed E-state index contributed by atoms with van der Waals surface area (Å²) in [6.45, 7) is 0.441. The van der Waals surface area contributed by atoms with Crippen molar-refractivity contribution in [1.29, 1.82) is 0 Å². The molecule has 2 rings (SSSR count). The highest BCUT2D eigenvalue weighted by Crippen LogP contribution is 2.24. The normalized spacial score (nSPS) is 10.5. The first-order valence-electron chi connectivity index (χ1n) is 6.44. The first kappa shape index (κ1) is 14.7. The lowest BCUT2D eigenvalue weighted by molar-refractivity contribution is -0.131. The van der Waals surface area contributed by atoms with Crippen LogP contribution in [0.15, 0.2) is 54.6 Å². The van der Waals surface area contributed by atoms with E-state index < -0.39 is 5.97 Å². The predicted octanol–water partition coefficient (Wildman–Crippen LogP) is 3.37. The molecule has 2 aromatic rings. The van der Waals surface area contributed by atoms with Gasteiger partial charge in [0.15, 0.2) is 0 Å². The van der Waals surface area contributed by atoms with Crippen LogP contribution in [0.3, 0.4) is 0 Å². The van der Waals surface area contributed by atoms with Gasteiger partial charge in [0.25, 0.3) is 0 Å². The van der Waals surface area contributed by atoms with E-state index in [0.717, 1.165) is 11.6 Å². The number of methoxy groups -OCH3 is 1. The third-order valence-corrected chi connectivity index (χ3v) is 2.80. The second kappa shape index (κ2) is 7.14. The van der Waals surface area contributed by atoms with Crippen LogP contribution >= 0.6 is 0 Å². The summed E-state index contributed by atoms with van der Waals surface area (Å²) in [5.74, 6) is 0.249. The molecule has 0 saturated carbocycles. The van der Waals surface area contributed by atoms with E-state index in [1.165, 1.54) is 6.08 Å². The first-order chi connectivity index (χ1) is 10.2. The number of carbonyl (C=O) groups is 1. The van der Waals surface area contributed by atoms with Crippen molar-refractivity contribution in [3.05, 3.63) is 65.7 Å². The van der Waals surface area contributed by atoms with Gasteiger partial charge in [0.05, 0.1) is 7.11 Å². The smallest absolute Gasteiger partial charge is 0.328 e. The van der Waals surface area contributed by atoms with Gasteiger partial charge in [0.1, 0.15) is 18.1 Å². The van der Waals surface area contributed by atoms with Gasteiger partial charge in [-0.05, 0) is 29.3 Å². The monoisotopic (exact) mass is 284 g/mol.